The summed E-state index contributed by atoms with van der Waals surface area (Å²) >= 11 is 6.64. The number of carbonyl (C=O) groups is 1. The monoisotopic (exact) mass is 481 g/mol. The van der Waals surface area contributed by atoms with Crippen LogP contribution in [0.15, 0.2) is 92.7 Å². The Hall–Kier alpha value is -2.48. The molecule has 0 spiro atoms. The van der Waals surface area contributed by atoms with E-state index in [-0.39, 0.29) is 12.3 Å². The molecule has 1 amide bonds. The van der Waals surface area contributed by atoms with Crippen LogP contribution in [0.5, 0.6) is 0 Å². The lowest BCUT2D eigenvalue weighted by atomic mass is 10.2. The Morgan fingerprint density at radius 2 is 1.76 bits per heavy atom. The molecule has 0 aliphatic carbocycles. The molecule has 0 aliphatic heterocycles. The van der Waals surface area contributed by atoms with Crippen LogP contribution < -0.4 is 5.32 Å². The van der Waals surface area contributed by atoms with E-state index in [0.29, 0.717) is 0 Å². The zero-order valence-corrected chi connectivity index (χ0v) is 18.4. The van der Waals surface area contributed by atoms with Crippen molar-refractivity contribution in [2.24, 2.45) is 0 Å². The van der Waals surface area contributed by atoms with Gasteiger partial charge in [0.25, 0.3) is 0 Å². The van der Waals surface area contributed by atoms with Crippen molar-refractivity contribution < 1.29 is 4.79 Å². The van der Waals surface area contributed by atoms with Gasteiger partial charge in [-0.3, -0.25) is 9.78 Å². The van der Waals surface area contributed by atoms with Crippen LogP contribution in [-0.4, -0.2) is 15.9 Å². The molecule has 144 valence electrons. The number of benzene rings is 2. The molecule has 2 heterocycles. The lowest BCUT2D eigenvalue weighted by Crippen LogP contribution is -2.14. The Labute approximate surface area is 185 Å². The van der Waals surface area contributed by atoms with Crippen LogP contribution in [0.25, 0.3) is 10.6 Å². The summed E-state index contributed by atoms with van der Waals surface area (Å²) in [6, 6.07) is 19.9. The Morgan fingerprint density at radius 3 is 2.45 bits per heavy atom. The van der Waals surface area contributed by atoms with Crippen LogP contribution in [0.2, 0.25) is 0 Å². The maximum Gasteiger partial charge on any atom is 0.230 e. The van der Waals surface area contributed by atoms with Crippen molar-refractivity contribution in [2.45, 2.75) is 16.2 Å². The Morgan fingerprint density at radius 1 is 1.03 bits per heavy atom. The van der Waals surface area contributed by atoms with Crippen molar-refractivity contribution in [1.29, 1.82) is 0 Å². The fourth-order valence-electron chi connectivity index (χ4n) is 2.62. The first kappa shape index (κ1) is 19.8. The third-order valence-corrected chi connectivity index (χ3v) is 6.47. The minimum atomic E-state index is -0.0821. The zero-order valence-electron chi connectivity index (χ0n) is 15.2. The number of rotatable bonds is 6. The smallest absolute Gasteiger partial charge is 0.230 e. The normalized spacial score (nSPS) is 10.7. The van der Waals surface area contributed by atoms with E-state index in [2.05, 4.69) is 43.3 Å². The minimum absolute atomic E-state index is 0.0821. The van der Waals surface area contributed by atoms with Gasteiger partial charge in [-0.1, -0.05) is 27.7 Å². The zero-order chi connectivity index (χ0) is 20.1. The van der Waals surface area contributed by atoms with Gasteiger partial charge in [0.05, 0.1) is 12.1 Å². The summed E-state index contributed by atoms with van der Waals surface area (Å²) in [5.74, 6) is -0.0821. The van der Waals surface area contributed by atoms with E-state index in [4.69, 9.17) is 0 Å². The molecule has 4 nitrogen and oxygen atoms in total. The predicted molar refractivity (Wildman–Crippen MR) is 122 cm³/mol. The van der Waals surface area contributed by atoms with Crippen molar-refractivity contribution in [3.05, 3.63) is 88.6 Å². The number of hydrogen-bond donors (Lipinski definition) is 1. The average Bonchev–Trinajstić information content (AvgIpc) is 3.20. The number of anilines is 1. The lowest BCUT2D eigenvalue weighted by Gasteiger charge is -2.06. The molecule has 0 bridgehead atoms. The lowest BCUT2D eigenvalue weighted by molar-refractivity contribution is -0.115. The molecule has 2 aromatic heterocycles. The topological polar surface area (TPSA) is 54.9 Å². The van der Waals surface area contributed by atoms with Gasteiger partial charge < -0.3 is 5.32 Å². The number of hydrogen-bond acceptors (Lipinski definition) is 5. The third kappa shape index (κ3) is 5.53. The van der Waals surface area contributed by atoms with Gasteiger partial charge in [-0.25, -0.2) is 4.98 Å². The molecule has 0 unspecified atom stereocenters. The number of halogens is 1. The fraction of sp³-hybridized carbons (Fsp3) is 0.0455. The first-order valence-corrected chi connectivity index (χ1v) is 11.3. The number of thiazole rings is 1. The molecule has 0 fully saturated rings. The minimum Gasteiger partial charge on any atom is -0.326 e. The maximum atomic E-state index is 12.4. The summed E-state index contributed by atoms with van der Waals surface area (Å²) < 4.78 is 1.06. The van der Waals surface area contributed by atoms with E-state index >= 15 is 0 Å². The Kier molecular flexibility index (Phi) is 6.39. The van der Waals surface area contributed by atoms with Gasteiger partial charge in [0.2, 0.25) is 5.91 Å². The summed E-state index contributed by atoms with van der Waals surface area (Å²) in [6.45, 7) is 0. The van der Waals surface area contributed by atoms with E-state index in [1.807, 2.05) is 53.9 Å². The van der Waals surface area contributed by atoms with Crippen molar-refractivity contribution in [3.63, 3.8) is 0 Å². The van der Waals surface area contributed by atoms with Gasteiger partial charge in [-0.15, -0.1) is 11.3 Å². The number of aromatic nitrogens is 2. The standard InChI is InChI=1S/C22H16BrN3OS2/c23-16-3-7-19(8-4-16)29-20-9-5-17(6-10-20)25-21(27)12-18-14-28-22(26-18)15-2-1-11-24-13-15/h1-11,13-14H,12H2,(H,25,27). The summed E-state index contributed by atoms with van der Waals surface area (Å²) in [7, 11) is 0. The SMILES string of the molecule is O=C(Cc1csc(-c2cccnc2)n1)Nc1ccc(Sc2ccc(Br)cc2)cc1. The molecule has 0 saturated carbocycles. The number of pyridine rings is 1. The highest BCUT2D eigenvalue weighted by atomic mass is 79.9. The van der Waals surface area contributed by atoms with E-state index < -0.39 is 0 Å². The largest absolute Gasteiger partial charge is 0.326 e. The Bertz CT molecular complexity index is 1100. The third-order valence-electron chi connectivity index (χ3n) is 3.99. The van der Waals surface area contributed by atoms with Crippen molar-refractivity contribution in [3.8, 4) is 10.6 Å². The number of carbonyl (C=O) groups excluding carboxylic acids is 1. The molecule has 1 N–H and O–H groups in total. The van der Waals surface area contributed by atoms with Gasteiger partial charge >= 0.3 is 0 Å². The van der Waals surface area contributed by atoms with Crippen molar-refractivity contribution in [2.75, 3.05) is 5.32 Å². The number of amides is 1. The van der Waals surface area contributed by atoms with Crippen LogP contribution >= 0.6 is 39.0 Å². The predicted octanol–water partition coefficient (Wildman–Crippen LogP) is 6.30. The van der Waals surface area contributed by atoms with Crippen LogP contribution in [-0.2, 0) is 11.2 Å². The van der Waals surface area contributed by atoms with Crippen LogP contribution in [0.3, 0.4) is 0 Å². The van der Waals surface area contributed by atoms with E-state index in [1.54, 1.807) is 24.2 Å². The van der Waals surface area contributed by atoms with Gasteiger partial charge in [0.1, 0.15) is 5.01 Å². The second kappa shape index (κ2) is 9.35. The summed E-state index contributed by atoms with van der Waals surface area (Å²) in [5.41, 5.74) is 2.50. The highest BCUT2D eigenvalue weighted by Gasteiger charge is 2.10. The Balaban J connectivity index is 1.34. The second-order valence-electron chi connectivity index (χ2n) is 6.19. The summed E-state index contributed by atoms with van der Waals surface area (Å²) in [4.78, 5) is 23.3. The van der Waals surface area contributed by atoms with Crippen molar-refractivity contribution >= 4 is 50.6 Å². The molecule has 0 saturated heterocycles. The quantitative estimate of drug-likeness (QED) is 0.351. The maximum absolute atomic E-state index is 12.4. The summed E-state index contributed by atoms with van der Waals surface area (Å²) in [6.07, 6.45) is 3.75. The average molecular weight is 482 g/mol. The number of nitrogens with one attached hydrogen (secondary N) is 1. The first-order chi connectivity index (χ1) is 14.2. The molecule has 0 radical (unpaired) electrons. The first-order valence-electron chi connectivity index (χ1n) is 8.84. The van der Waals surface area contributed by atoms with Gasteiger partial charge in [0, 0.05) is 43.3 Å². The molecule has 4 aromatic rings. The van der Waals surface area contributed by atoms with Gasteiger partial charge in [-0.2, -0.15) is 0 Å². The van der Waals surface area contributed by atoms with Crippen LogP contribution in [0.4, 0.5) is 5.69 Å². The van der Waals surface area contributed by atoms with Gasteiger partial charge in [-0.05, 0) is 60.7 Å². The molecule has 0 atom stereocenters. The molecule has 29 heavy (non-hydrogen) atoms. The van der Waals surface area contributed by atoms with Crippen molar-refractivity contribution in [1.82, 2.24) is 9.97 Å². The highest BCUT2D eigenvalue weighted by molar-refractivity contribution is 9.10. The van der Waals surface area contributed by atoms with Gasteiger partial charge in [0.15, 0.2) is 0 Å². The van der Waals surface area contributed by atoms with E-state index in [1.165, 1.54) is 11.3 Å². The summed E-state index contributed by atoms with van der Waals surface area (Å²) in [5, 5.41) is 5.72. The van der Waals surface area contributed by atoms with E-state index in [0.717, 1.165) is 36.2 Å². The fourth-order valence-corrected chi connectivity index (χ4v) is 4.52. The molecular weight excluding hydrogens is 466 g/mol. The molecular formula is C22H16BrN3OS2. The number of nitrogens with zero attached hydrogens (tertiary/aromatic N) is 2. The highest BCUT2D eigenvalue weighted by Crippen LogP contribution is 2.29. The van der Waals surface area contributed by atoms with Crippen LogP contribution in [0, 0.1) is 0 Å². The second-order valence-corrected chi connectivity index (χ2v) is 9.11. The molecule has 7 heteroatoms. The molecule has 0 aliphatic rings. The molecule has 2 aromatic carbocycles. The van der Waals surface area contributed by atoms with E-state index in [9.17, 15) is 4.79 Å². The molecule has 4 rings (SSSR count). The van der Waals surface area contributed by atoms with Crippen LogP contribution in [0.1, 0.15) is 5.69 Å².